The zero-order valence-corrected chi connectivity index (χ0v) is 16.7. The minimum Gasteiger partial charge on any atom is -0.485 e. The summed E-state index contributed by atoms with van der Waals surface area (Å²) in [5.41, 5.74) is 1.65. The largest absolute Gasteiger partial charge is 0.485 e. The van der Waals surface area contributed by atoms with Crippen LogP contribution in [0.2, 0.25) is 5.02 Å². The quantitative estimate of drug-likeness (QED) is 0.657. The maximum atomic E-state index is 12.7. The van der Waals surface area contributed by atoms with Crippen LogP contribution in [0.15, 0.2) is 51.9 Å². The van der Waals surface area contributed by atoms with Crippen LogP contribution in [-0.2, 0) is 6.61 Å². The zero-order valence-electron chi connectivity index (χ0n) is 15.1. The van der Waals surface area contributed by atoms with Crippen molar-refractivity contribution in [3.05, 3.63) is 70.3 Å². The maximum absolute atomic E-state index is 12.7. The van der Waals surface area contributed by atoms with Crippen LogP contribution in [0, 0.1) is 6.92 Å². The second-order valence-corrected chi connectivity index (χ2v) is 7.96. The highest BCUT2D eigenvalue weighted by atomic mass is 35.5. The van der Waals surface area contributed by atoms with Gasteiger partial charge in [0.1, 0.15) is 5.75 Å². The summed E-state index contributed by atoms with van der Waals surface area (Å²) < 4.78 is 10.5. The van der Waals surface area contributed by atoms with Crippen LogP contribution in [0.25, 0.3) is 0 Å². The molecule has 1 amide bonds. The molecule has 1 aliphatic rings. The highest BCUT2D eigenvalue weighted by Crippen LogP contribution is 2.37. The first-order chi connectivity index (χ1) is 13.6. The smallest absolute Gasteiger partial charge is 0.251 e. The van der Waals surface area contributed by atoms with Crippen molar-refractivity contribution in [3.8, 4) is 5.75 Å². The number of amides is 1. The molecule has 2 aromatic carbocycles. The highest BCUT2D eigenvalue weighted by Gasteiger charge is 2.23. The van der Waals surface area contributed by atoms with E-state index in [9.17, 15) is 4.79 Å². The summed E-state index contributed by atoms with van der Waals surface area (Å²) in [5, 5.41) is 7.57. The van der Waals surface area contributed by atoms with E-state index in [1.807, 2.05) is 18.2 Å². The Kier molecular flexibility index (Phi) is 5.54. The molecule has 0 fully saturated rings. The molecule has 28 heavy (non-hydrogen) atoms. The fourth-order valence-corrected chi connectivity index (χ4v) is 4.29. The second kappa shape index (κ2) is 8.24. The van der Waals surface area contributed by atoms with Gasteiger partial charge in [-0.25, -0.2) is 0 Å². The van der Waals surface area contributed by atoms with Crippen molar-refractivity contribution < 1.29 is 14.1 Å². The lowest BCUT2D eigenvalue weighted by molar-refractivity contribution is 0.0935. The van der Waals surface area contributed by atoms with Crippen molar-refractivity contribution >= 4 is 29.3 Å². The van der Waals surface area contributed by atoms with E-state index in [4.69, 9.17) is 20.9 Å². The summed E-state index contributed by atoms with van der Waals surface area (Å²) in [6, 6.07) is 12.8. The van der Waals surface area contributed by atoms with Crippen LogP contribution in [-0.4, -0.2) is 21.8 Å². The lowest BCUT2D eigenvalue weighted by Gasteiger charge is -2.26. The summed E-state index contributed by atoms with van der Waals surface area (Å²) in [4.78, 5) is 17.9. The predicted octanol–water partition coefficient (Wildman–Crippen LogP) is 4.58. The molecule has 0 spiro atoms. The zero-order chi connectivity index (χ0) is 19.5. The van der Waals surface area contributed by atoms with Gasteiger partial charge < -0.3 is 14.6 Å². The summed E-state index contributed by atoms with van der Waals surface area (Å²) in [6.45, 7) is 1.93. The number of fused-ring (bicyclic) bond motifs is 1. The van der Waals surface area contributed by atoms with Crippen molar-refractivity contribution in [2.24, 2.45) is 0 Å². The molecule has 0 aliphatic carbocycles. The standard InChI is InChI=1S/C20H18ClN3O3S/c1-12-22-19(24-27-12)11-26-15-5-2-13(3-6-15)20(25)23-17-8-9-28-18-7-4-14(21)10-16(17)18/h2-7,10,17H,8-9,11H2,1H3,(H,23,25). The predicted molar refractivity (Wildman–Crippen MR) is 107 cm³/mol. The SMILES string of the molecule is Cc1nc(COc2ccc(C(=O)NC3CCSc4ccc(Cl)cc43)cc2)no1. The van der Waals surface area contributed by atoms with E-state index in [0.717, 1.165) is 17.7 Å². The maximum Gasteiger partial charge on any atom is 0.251 e. The fraction of sp³-hybridized carbons (Fsp3) is 0.250. The number of aromatic nitrogens is 2. The van der Waals surface area contributed by atoms with Crippen molar-refractivity contribution in [2.45, 2.75) is 30.9 Å². The Morgan fingerprint density at radius 2 is 2.14 bits per heavy atom. The molecule has 6 nitrogen and oxygen atoms in total. The third-order valence-electron chi connectivity index (χ3n) is 4.37. The van der Waals surface area contributed by atoms with Gasteiger partial charge in [0.2, 0.25) is 11.7 Å². The van der Waals surface area contributed by atoms with Gasteiger partial charge in [0, 0.05) is 28.2 Å². The van der Waals surface area contributed by atoms with Gasteiger partial charge in [-0.1, -0.05) is 16.8 Å². The number of rotatable bonds is 5. The topological polar surface area (TPSA) is 77.2 Å². The number of ether oxygens (including phenoxy) is 1. The Bertz CT molecular complexity index is 991. The molecular weight excluding hydrogens is 398 g/mol. The molecule has 4 rings (SSSR count). The van der Waals surface area contributed by atoms with E-state index >= 15 is 0 Å². The van der Waals surface area contributed by atoms with Gasteiger partial charge in [-0.3, -0.25) is 4.79 Å². The Balaban J connectivity index is 1.40. The van der Waals surface area contributed by atoms with Crippen LogP contribution >= 0.6 is 23.4 Å². The highest BCUT2D eigenvalue weighted by molar-refractivity contribution is 7.99. The van der Waals surface area contributed by atoms with Crippen LogP contribution in [0.1, 0.15) is 40.1 Å². The molecule has 3 aromatic rings. The summed E-state index contributed by atoms with van der Waals surface area (Å²) in [7, 11) is 0. The number of halogens is 1. The summed E-state index contributed by atoms with van der Waals surface area (Å²) in [6.07, 6.45) is 0.870. The lowest BCUT2D eigenvalue weighted by Crippen LogP contribution is -2.30. The molecule has 2 heterocycles. The number of carbonyl (C=O) groups is 1. The first kappa shape index (κ1) is 18.8. The van der Waals surface area contributed by atoms with Gasteiger partial charge in [-0.2, -0.15) is 4.98 Å². The normalized spacial score (nSPS) is 15.7. The van der Waals surface area contributed by atoms with Gasteiger partial charge in [0.15, 0.2) is 6.61 Å². The molecule has 0 radical (unpaired) electrons. The van der Waals surface area contributed by atoms with E-state index in [2.05, 4.69) is 15.5 Å². The third kappa shape index (κ3) is 4.31. The number of benzene rings is 2. The average Bonchev–Trinajstić information content (AvgIpc) is 3.12. The molecule has 1 N–H and O–H groups in total. The minimum atomic E-state index is -0.122. The van der Waals surface area contributed by atoms with Crippen LogP contribution in [0.4, 0.5) is 0 Å². The summed E-state index contributed by atoms with van der Waals surface area (Å²) >= 11 is 7.93. The number of thioether (sulfide) groups is 1. The van der Waals surface area contributed by atoms with Gasteiger partial charge >= 0.3 is 0 Å². The monoisotopic (exact) mass is 415 g/mol. The van der Waals surface area contributed by atoms with Crippen LogP contribution in [0.5, 0.6) is 5.75 Å². The van der Waals surface area contributed by atoms with Crippen LogP contribution < -0.4 is 10.1 Å². The first-order valence-electron chi connectivity index (χ1n) is 8.83. The van der Waals surface area contributed by atoms with Crippen molar-refractivity contribution in [3.63, 3.8) is 0 Å². The van der Waals surface area contributed by atoms with Crippen molar-refractivity contribution in [2.75, 3.05) is 5.75 Å². The molecule has 1 atom stereocenters. The number of nitrogens with zero attached hydrogens (tertiary/aromatic N) is 2. The molecular formula is C20H18ClN3O3S. The van der Waals surface area contributed by atoms with E-state index in [1.54, 1.807) is 43.0 Å². The number of nitrogens with one attached hydrogen (secondary N) is 1. The molecule has 0 saturated carbocycles. The molecule has 0 bridgehead atoms. The number of carbonyl (C=O) groups excluding carboxylic acids is 1. The second-order valence-electron chi connectivity index (χ2n) is 6.39. The van der Waals surface area contributed by atoms with Gasteiger partial charge in [0.25, 0.3) is 5.91 Å². The molecule has 144 valence electrons. The average molecular weight is 416 g/mol. The molecule has 1 unspecified atom stereocenters. The van der Waals surface area contributed by atoms with E-state index < -0.39 is 0 Å². The van der Waals surface area contributed by atoms with E-state index in [-0.39, 0.29) is 18.6 Å². The van der Waals surface area contributed by atoms with E-state index in [0.29, 0.717) is 28.1 Å². The van der Waals surface area contributed by atoms with Crippen molar-refractivity contribution in [1.82, 2.24) is 15.5 Å². The number of hydrogen-bond donors (Lipinski definition) is 1. The Morgan fingerprint density at radius 3 is 2.89 bits per heavy atom. The van der Waals surface area contributed by atoms with Crippen LogP contribution in [0.3, 0.4) is 0 Å². The molecule has 1 aliphatic heterocycles. The minimum absolute atomic E-state index is 0.0418. The number of aryl methyl sites for hydroxylation is 1. The van der Waals surface area contributed by atoms with Crippen molar-refractivity contribution in [1.29, 1.82) is 0 Å². The van der Waals surface area contributed by atoms with E-state index in [1.165, 1.54) is 4.90 Å². The molecule has 0 saturated heterocycles. The summed E-state index contributed by atoms with van der Waals surface area (Å²) in [5.74, 6) is 2.44. The Morgan fingerprint density at radius 1 is 1.32 bits per heavy atom. The molecule has 8 heteroatoms. The van der Waals surface area contributed by atoms with Gasteiger partial charge in [0.05, 0.1) is 6.04 Å². The fourth-order valence-electron chi connectivity index (χ4n) is 3.01. The molecule has 1 aromatic heterocycles. The van der Waals surface area contributed by atoms with Gasteiger partial charge in [-0.15, -0.1) is 11.8 Å². The lowest BCUT2D eigenvalue weighted by atomic mass is 10.0. The first-order valence-corrected chi connectivity index (χ1v) is 10.2. The number of hydrogen-bond acceptors (Lipinski definition) is 6. The Labute approximate surface area is 171 Å². The van der Waals surface area contributed by atoms with Gasteiger partial charge in [-0.05, 0) is 54.4 Å². The third-order valence-corrected chi connectivity index (χ3v) is 5.73. The Hall–Kier alpha value is -2.51.